The molecule has 0 spiro atoms. The van der Waals surface area contributed by atoms with Crippen LogP contribution in [0, 0.1) is 0 Å². The van der Waals surface area contributed by atoms with Crippen molar-refractivity contribution in [2.75, 3.05) is 36.0 Å². The molecule has 0 saturated carbocycles. The number of hydrogen-bond donors (Lipinski definition) is 3. The van der Waals surface area contributed by atoms with E-state index in [9.17, 15) is 15.3 Å². The van der Waals surface area contributed by atoms with Crippen molar-refractivity contribution in [2.24, 2.45) is 0 Å². The standard InChI is InChI=1S/C63H54N6O6/c1-73-58-19-7-16-55(37-58)67(52-13-4-10-43(34-52)40-70)49-28-22-46(23-29-49)61-64-62(47-24-30-50(31-25-47)68(53-14-5-11-44(35-53)41-71)56-17-8-20-59(38-56)74-2)66-63(65-61)48-26-32-51(33-27-48)69(54-15-6-12-45(36-54)42-72)57-18-9-21-60(39-57)75-3/h4-39,70-72H,40-42H2,1-3H3. The van der Waals surface area contributed by atoms with Gasteiger partial charge in [0, 0.05) is 86.1 Å². The lowest BCUT2D eigenvalue weighted by atomic mass is 10.1. The fourth-order valence-corrected chi connectivity index (χ4v) is 9.01. The minimum Gasteiger partial charge on any atom is -0.497 e. The van der Waals surface area contributed by atoms with Crippen molar-refractivity contribution in [3.8, 4) is 51.4 Å². The van der Waals surface area contributed by atoms with E-state index >= 15 is 0 Å². The molecule has 0 aliphatic heterocycles. The summed E-state index contributed by atoms with van der Waals surface area (Å²) in [4.78, 5) is 21.8. The topological polar surface area (TPSA) is 137 Å². The largest absolute Gasteiger partial charge is 0.497 e. The van der Waals surface area contributed by atoms with Gasteiger partial charge in [-0.3, -0.25) is 0 Å². The predicted molar refractivity (Wildman–Crippen MR) is 298 cm³/mol. The minimum atomic E-state index is -0.0910. The molecule has 372 valence electrons. The van der Waals surface area contributed by atoms with E-state index in [1.165, 1.54) is 0 Å². The summed E-state index contributed by atoms with van der Waals surface area (Å²) in [6.45, 7) is -0.273. The molecule has 12 nitrogen and oxygen atoms in total. The Labute approximate surface area is 436 Å². The van der Waals surface area contributed by atoms with Gasteiger partial charge in [-0.05, 0) is 162 Å². The van der Waals surface area contributed by atoms with Gasteiger partial charge < -0.3 is 44.2 Å². The van der Waals surface area contributed by atoms with Crippen molar-refractivity contribution in [3.63, 3.8) is 0 Å². The van der Waals surface area contributed by atoms with Crippen LogP contribution in [0.15, 0.2) is 218 Å². The SMILES string of the molecule is COc1cccc(N(c2ccc(-c3nc(-c4ccc(N(c5cccc(CO)c5)c5cccc(OC)c5)cc4)nc(-c4ccc(N(c5cccc(CO)c5)c5cccc(OC)c5)cc4)n3)cc2)c2cccc(CO)c2)c1. The van der Waals surface area contributed by atoms with E-state index in [2.05, 4.69) is 14.7 Å². The average Bonchev–Trinajstić information content (AvgIpc) is 3.48. The van der Waals surface area contributed by atoms with Crippen LogP contribution in [-0.4, -0.2) is 51.6 Å². The van der Waals surface area contributed by atoms with Crippen LogP contribution in [0.5, 0.6) is 17.2 Å². The van der Waals surface area contributed by atoms with Crippen molar-refractivity contribution >= 4 is 51.2 Å². The minimum absolute atomic E-state index is 0.0910. The van der Waals surface area contributed by atoms with Crippen molar-refractivity contribution < 1.29 is 29.5 Å². The average molecular weight is 991 g/mol. The maximum atomic E-state index is 10.1. The van der Waals surface area contributed by atoms with Crippen LogP contribution >= 0.6 is 0 Å². The second-order valence-corrected chi connectivity index (χ2v) is 17.5. The third-order valence-electron chi connectivity index (χ3n) is 12.8. The number of anilines is 9. The van der Waals surface area contributed by atoms with Gasteiger partial charge in [0.05, 0.1) is 41.2 Å². The summed E-state index contributed by atoms with van der Waals surface area (Å²) < 4.78 is 16.9. The molecular weight excluding hydrogens is 937 g/mol. The fraction of sp³-hybridized carbons (Fsp3) is 0.0952. The first-order chi connectivity index (χ1) is 36.8. The monoisotopic (exact) mass is 990 g/mol. The molecule has 1 aromatic heterocycles. The smallest absolute Gasteiger partial charge is 0.164 e. The highest BCUT2D eigenvalue weighted by molar-refractivity contribution is 5.82. The number of nitrogens with zero attached hydrogens (tertiary/aromatic N) is 6. The third kappa shape index (κ3) is 10.9. The predicted octanol–water partition coefficient (Wildman–Crippen LogP) is 13.8. The van der Waals surface area contributed by atoms with E-state index in [0.717, 1.165) is 84.6 Å². The molecule has 0 bridgehead atoms. The molecule has 1 heterocycles. The van der Waals surface area contributed by atoms with Gasteiger partial charge in [0.15, 0.2) is 17.5 Å². The van der Waals surface area contributed by atoms with Gasteiger partial charge in [-0.25, -0.2) is 15.0 Å². The van der Waals surface area contributed by atoms with E-state index in [1.807, 2.05) is 218 Å². The molecule has 0 amide bonds. The molecule has 0 fully saturated rings. The molecular formula is C63H54N6O6. The lowest BCUT2D eigenvalue weighted by molar-refractivity contribution is 0.281. The van der Waals surface area contributed by atoms with Crippen LogP contribution < -0.4 is 28.9 Å². The van der Waals surface area contributed by atoms with E-state index in [1.54, 1.807) is 21.3 Å². The van der Waals surface area contributed by atoms with Gasteiger partial charge >= 0.3 is 0 Å². The van der Waals surface area contributed by atoms with Gasteiger partial charge in [-0.1, -0.05) is 54.6 Å². The van der Waals surface area contributed by atoms with Gasteiger partial charge in [-0.15, -0.1) is 0 Å². The van der Waals surface area contributed by atoms with Gasteiger partial charge in [0.25, 0.3) is 0 Å². The molecule has 9 aromatic carbocycles. The number of aromatic nitrogens is 3. The van der Waals surface area contributed by atoms with Crippen molar-refractivity contribution in [1.82, 2.24) is 15.0 Å². The summed E-state index contributed by atoms with van der Waals surface area (Å²) in [5.74, 6) is 3.57. The first-order valence-corrected chi connectivity index (χ1v) is 24.3. The number of aliphatic hydroxyl groups is 3. The zero-order chi connectivity index (χ0) is 51.7. The van der Waals surface area contributed by atoms with E-state index in [4.69, 9.17) is 29.2 Å². The highest BCUT2D eigenvalue weighted by Crippen LogP contribution is 2.41. The Morgan fingerprint density at radius 2 is 0.533 bits per heavy atom. The van der Waals surface area contributed by atoms with Crippen LogP contribution in [0.4, 0.5) is 51.2 Å². The Bertz CT molecular complexity index is 3030. The van der Waals surface area contributed by atoms with Crippen LogP contribution in [0.25, 0.3) is 34.2 Å². The molecule has 0 atom stereocenters. The van der Waals surface area contributed by atoms with Gasteiger partial charge in [0.2, 0.25) is 0 Å². The number of benzene rings is 9. The Morgan fingerprint density at radius 1 is 0.293 bits per heavy atom. The Hall–Kier alpha value is -9.33. The second-order valence-electron chi connectivity index (χ2n) is 17.5. The zero-order valence-corrected chi connectivity index (χ0v) is 41.7. The van der Waals surface area contributed by atoms with Gasteiger partial charge in [-0.2, -0.15) is 0 Å². The second kappa shape index (κ2) is 22.6. The lowest BCUT2D eigenvalue weighted by Gasteiger charge is -2.26. The summed E-state index contributed by atoms with van der Waals surface area (Å²) in [7, 11) is 4.95. The Balaban J connectivity index is 1.08. The molecule has 0 aliphatic rings. The maximum Gasteiger partial charge on any atom is 0.164 e. The highest BCUT2D eigenvalue weighted by Gasteiger charge is 2.20. The number of aliphatic hydroxyl groups excluding tert-OH is 3. The molecule has 0 radical (unpaired) electrons. The molecule has 10 rings (SSSR count). The van der Waals surface area contributed by atoms with E-state index in [0.29, 0.717) is 34.7 Å². The highest BCUT2D eigenvalue weighted by atomic mass is 16.5. The fourth-order valence-electron chi connectivity index (χ4n) is 9.01. The number of ether oxygens (including phenoxy) is 3. The van der Waals surface area contributed by atoms with Crippen molar-refractivity contribution in [1.29, 1.82) is 0 Å². The third-order valence-corrected chi connectivity index (χ3v) is 12.8. The molecule has 3 N–H and O–H groups in total. The van der Waals surface area contributed by atoms with E-state index < -0.39 is 0 Å². The number of rotatable bonds is 18. The van der Waals surface area contributed by atoms with Crippen LogP contribution in [0.2, 0.25) is 0 Å². The molecule has 12 heteroatoms. The number of methoxy groups -OCH3 is 3. The molecule has 0 unspecified atom stereocenters. The Kier molecular flexibility index (Phi) is 14.9. The quantitative estimate of drug-likeness (QED) is 0.0755. The van der Waals surface area contributed by atoms with Crippen molar-refractivity contribution in [2.45, 2.75) is 19.8 Å². The van der Waals surface area contributed by atoms with Crippen LogP contribution in [0.1, 0.15) is 16.7 Å². The first-order valence-electron chi connectivity index (χ1n) is 24.3. The zero-order valence-electron chi connectivity index (χ0n) is 41.7. The molecule has 0 saturated heterocycles. The van der Waals surface area contributed by atoms with Gasteiger partial charge in [0.1, 0.15) is 17.2 Å². The summed E-state index contributed by atoms with van der Waals surface area (Å²) in [6.07, 6.45) is 0. The van der Waals surface area contributed by atoms with Crippen LogP contribution in [-0.2, 0) is 19.8 Å². The number of hydrogen-bond acceptors (Lipinski definition) is 12. The first kappa shape index (κ1) is 49.3. The van der Waals surface area contributed by atoms with Crippen LogP contribution in [0.3, 0.4) is 0 Å². The summed E-state index contributed by atoms with van der Waals surface area (Å²) >= 11 is 0. The normalized spacial score (nSPS) is 11.0. The molecule has 0 aliphatic carbocycles. The summed E-state index contributed by atoms with van der Waals surface area (Å²) in [6, 6.07) is 71.3. The summed E-state index contributed by atoms with van der Waals surface area (Å²) in [5.41, 5.74) is 12.6. The van der Waals surface area contributed by atoms with E-state index in [-0.39, 0.29) is 19.8 Å². The van der Waals surface area contributed by atoms with Crippen molar-refractivity contribution in [3.05, 3.63) is 235 Å². The Morgan fingerprint density at radius 3 is 0.773 bits per heavy atom. The lowest BCUT2D eigenvalue weighted by Crippen LogP contribution is -2.11. The molecule has 75 heavy (non-hydrogen) atoms. The molecule has 10 aromatic rings. The summed E-state index contributed by atoms with van der Waals surface area (Å²) in [5, 5.41) is 30.3. The maximum absolute atomic E-state index is 10.1.